The summed E-state index contributed by atoms with van der Waals surface area (Å²) < 4.78 is 6.00. The molecule has 0 bridgehead atoms. The van der Waals surface area contributed by atoms with Gasteiger partial charge >= 0.3 is 0 Å². The van der Waals surface area contributed by atoms with Crippen LogP contribution >= 0.6 is 0 Å². The fraction of sp³-hybridized carbons (Fsp3) is 0.852. The van der Waals surface area contributed by atoms with E-state index in [0.717, 1.165) is 32.1 Å². The number of hydrogen-bond donors (Lipinski definition) is 3. The van der Waals surface area contributed by atoms with Crippen LogP contribution in [-0.2, 0) is 4.74 Å². The molecular formula is C27H46O4. The molecule has 3 aliphatic rings. The molecule has 0 saturated heterocycles. The first-order valence-electron chi connectivity index (χ1n) is 12.7. The molecule has 4 heteroatoms. The molecule has 0 amide bonds. The maximum atomic E-state index is 10.3. The Morgan fingerprint density at radius 2 is 1.68 bits per heavy atom. The van der Waals surface area contributed by atoms with Gasteiger partial charge in [-0.1, -0.05) is 44.1 Å². The van der Waals surface area contributed by atoms with E-state index in [1.165, 1.54) is 49.7 Å². The fourth-order valence-corrected chi connectivity index (χ4v) is 5.90. The van der Waals surface area contributed by atoms with E-state index in [2.05, 4.69) is 32.9 Å². The smallest absolute Gasteiger partial charge is 0.154 e. The Hall–Kier alpha value is -0.680. The molecule has 3 atom stereocenters. The number of aliphatic hydroxyl groups is 3. The second-order valence-corrected chi connectivity index (χ2v) is 11.9. The summed E-state index contributed by atoms with van der Waals surface area (Å²) in [5.41, 5.74) is 3.42. The van der Waals surface area contributed by atoms with Crippen molar-refractivity contribution in [2.75, 3.05) is 0 Å². The van der Waals surface area contributed by atoms with Gasteiger partial charge < -0.3 is 20.1 Å². The highest BCUT2D eigenvalue weighted by Crippen LogP contribution is 2.49. The van der Waals surface area contributed by atoms with Crippen molar-refractivity contribution in [3.8, 4) is 0 Å². The van der Waals surface area contributed by atoms with Crippen molar-refractivity contribution in [3.05, 3.63) is 23.3 Å². The Bertz CT molecular complexity index is 610. The van der Waals surface area contributed by atoms with Gasteiger partial charge in [-0.05, 0) is 101 Å². The lowest BCUT2D eigenvalue weighted by Crippen LogP contribution is -2.35. The summed E-state index contributed by atoms with van der Waals surface area (Å²) in [7, 11) is 0. The van der Waals surface area contributed by atoms with Gasteiger partial charge in [-0.2, -0.15) is 0 Å². The number of allylic oxidation sites excluding steroid dienone is 3. The standard InChI is InChI=1S/C27H46O4/c1-26(2,3)12-5-7-25(30)31-24-10-14-27(15-11-24)13-4-6-20(19-27)8-9-21-16-22(28)18-23(29)17-21/h8-9,22-25,28-30H,4-7,10-19H2,1-3H3/b20-8+/t22-,23-,24?,25?,27?/m1/s1. The SMILES string of the molecule is CC(C)(C)CCCC(O)OC1CCC2(CCC/C(=C\C=C3C[C@@H](O)C[C@H](O)C3)C2)CC1. The summed E-state index contributed by atoms with van der Waals surface area (Å²) in [5, 5.41) is 30.1. The summed E-state index contributed by atoms with van der Waals surface area (Å²) >= 11 is 0. The van der Waals surface area contributed by atoms with Gasteiger partial charge in [-0.15, -0.1) is 0 Å². The van der Waals surface area contributed by atoms with Gasteiger partial charge in [0.25, 0.3) is 0 Å². The van der Waals surface area contributed by atoms with E-state index in [-0.39, 0.29) is 6.10 Å². The van der Waals surface area contributed by atoms with Crippen LogP contribution in [0, 0.1) is 10.8 Å². The first-order valence-corrected chi connectivity index (χ1v) is 12.7. The van der Waals surface area contributed by atoms with Crippen LogP contribution in [0.25, 0.3) is 0 Å². The van der Waals surface area contributed by atoms with Crippen LogP contribution < -0.4 is 0 Å². The number of aliphatic hydroxyl groups excluding tert-OH is 3. The molecule has 3 aliphatic carbocycles. The van der Waals surface area contributed by atoms with E-state index in [0.29, 0.717) is 30.1 Å². The maximum absolute atomic E-state index is 10.3. The van der Waals surface area contributed by atoms with E-state index in [1.54, 1.807) is 0 Å². The average molecular weight is 435 g/mol. The second-order valence-electron chi connectivity index (χ2n) is 11.9. The molecule has 1 spiro atoms. The number of ether oxygens (including phenoxy) is 1. The van der Waals surface area contributed by atoms with Crippen LogP contribution in [0.4, 0.5) is 0 Å². The van der Waals surface area contributed by atoms with Gasteiger partial charge in [0.05, 0.1) is 18.3 Å². The van der Waals surface area contributed by atoms with E-state index in [9.17, 15) is 15.3 Å². The van der Waals surface area contributed by atoms with Crippen LogP contribution in [0.15, 0.2) is 23.3 Å². The highest BCUT2D eigenvalue weighted by atomic mass is 16.6. The molecule has 178 valence electrons. The molecule has 0 aliphatic heterocycles. The molecule has 3 N–H and O–H groups in total. The lowest BCUT2D eigenvalue weighted by molar-refractivity contribution is -0.155. The second kappa shape index (κ2) is 11.0. The molecule has 0 heterocycles. The van der Waals surface area contributed by atoms with Gasteiger partial charge in [-0.3, -0.25) is 0 Å². The Morgan fingerprint density at radius 1 is 1.03 bits per heavy atom. The van der Waals surface area contributed by atoms with Gasteiger partial charge in [-0.25, -0.2) is 0 Å². The predicted octanol–water partition coefficient (Wildman–Crippen LogP) is 5.80. The van der Waals surface area contributed by atoms with Crippen molar-refractivity contribution in [2.24, 2.45) is 10.8 Å². The van der Waals surface area contributed by atoms with Crippen LogP contribution in [0.5, 0.6) is 0 Å². The molecule has 31 heavy (non-hydrogen) atoms. The maximum Gasteiger partial charge on any atom is 0.154 e. The van der Waals surface area contributed by atoms with Crippen molar-refractivity contribution < 1.29 is 20.1 Å². The zero-order valence-corrected chi connectivity index (χ0v) is 20.1. The normalized spacial score (nSPS) is 34.8. The van der Waals surface area contributed by atoms with Gasteiger partial charge in [0.15, 0.2) is 6.29 Å². The summed E-state index contributed by atoms with van der Waals surface area (Å²) in [6, 6.07) is 0. The lowest BCUT2D eigenvalue weighted by atomic mass is 9.63. The third-order valence-electron chi connectivity index (χ3n) is 7.62. The van der Waals surface area contributed by atoms with Crippen molar-refractivity contribution in [2.45, 2.75) is 135 Å². The Morgan fingerprint density at radius 3 is 2.32 bits per heavy atom. The monoisotopic (exact) mass is 434 g/mol. The first-order chi connectivity index (χ1) is 14.6. The van der Waals surface area contributed by atoms with E-state index < -0.39 is 18.5 Å². The number of hydrogen-bond acceptors (Lipinski definition) is 4. The van der Waals surface area contributed by atoms with Crippen molar-refractivity contribution in [1.29, 1.82) is 0 Å². The van der Waals surface area contributed by atoms with Crippen LogP contribution in [0.2, 0.25) is 0 Å². The van der Waals surface area contributed by atoms with Gasteiger partial charge in [0.2, 0.25) is 0 Å². The summed E-state index contributed by atoms with van der Waals surface area (Å²) in [5.74, 6) is 0. The molecular weight excluding hydrogens is 388 g/mol. The predicted molar refractivity (Wildman–Crippen MR) is 126 cm³/mol. The third-order valence-corrected chi connectivity index (χ3v) is 7.62. The van der Waals surface area contributed by atoms with Gasteiger partial charge in [0.1, 0.15) is 0 Å². The van der Waals surface area contributed by atoms with Crippen molar-refractivity contribution in [1.82, 2.24) is 0 Å². The lowest BCUT2D eigenvalue weighted by Gasteiger charge is -2.44. The van der Waals surface area contributed by atoms with Crippen LogP contribution in [0.3, 0.4) is 0 Å². The fourth-order valence-electron chi connectivity index (χ4n) is 5.90. The topological polar surface area (TPSA) is 69.9 Å². The molecule has 3 saturated carbocycles. The molecule has 0 radical (unpaired) electrons. The minimum absolute atomic E-state index is 0.206. The van der Waals surface area contributed by atoms with Crippen LogP contribution in [-0.4, -0.2) is 39.9 Å². The zero-order chi connectivity index (χ0) is 22.5. The quantitative estimate of drug-likeness (QED) is 0.462. The van der Waals surface area contributed by atoms with E-state index >= 15 is 0 Å². The van der Waals surface area contributed by atoms with Gasteiger partial charge in [0, 0.05) is 0 Å². The minimum atomic E-state index is -0.615. The molecule has 3 fully saturated rings. The minimum Gasteiger partial charge on any atom is -0.393 e. The highest BCUT2D eigenvalue weighted by molar-refractivity contribution is 5.22. The molecule has 0 aromatic heterocycles. The number of rotatable bonds is 6. The zero-order valence-electron chi connectivity index (χ0n) is 20.1. The van der Waals surface area contributed by atoms with Crippen molar-refractivity contribution >= 4 is 0 Å². The first kappa shape index (κ1) is 25.0. The van der Waals surface area contributed by atoms with Crippen molar-refractivity contribution in [3.63, 3.8) is 0 Å². The Balaban J connectivity index is 1.45. The molecule has 4 nitrogen and oxygen atoms in total. The largest absolute Gasteiger partial charge is 0.393 e. The molecule has 1 unspecified atom stereocenters. The third kappa shape index (κ3) is 8.31. The highest BCUT2D eigenvalue weighted by Gasteiger charge is 2.38. The molecule has 0 aromatic carbocycles. The Kier molecular flexibility index (Phi) is 8.82. The summed E-state index contributed by atoms with van der Waals surface area (Å²) in [6.07, 6.45) is 17.4. The molecule has 3 rings (SSSR count). The van der Waals surface area contributed by atoms with E-state index in [1.807, 2.05) is 0 Å². The summed E-state index contributed by atoms with van der Waals surface area (Å²) in [4.78, 5) is 0. The average Bonchev–Trinajstić information content (AvgIpc) is 2.67. The van der Waals surface area contributed by atoms with Crippen LogP contribution in [0.1, 0.15) is 111 Å². The Labute approximate surface area is 189 Å². The molecule has 0 aromatic rings. The van der Waals surface area contributed by atoms with E-state index in [4.69, 9.17) is 4.74 Å². The summed E-state index contributed by atoms with van der Waals surface area (Å²) in [6.45, 7) is 6.73.